The minimum atomic E-state index is -4.02. The molecule has 1 aromatic rings. The molecule has 2 rings (SSSR count). The summed E-state index contributed by atoms with van der Waals surface area (Å²) in [5, 5.41) is 21.5. The number of aryl methyl sites for hydroxylation is 1. The fourth-order valence-electron chi connectivity index (χ4n) is 2.21. The molecule has 1 aromatic carbocycles. The lowest BCUT2D eigenvalue weighted by Gasteiger charge is -2.35. The minimum Gasteiger partial charge on any atom is -0.314 e. The Hall–Kier alpha value is -2.60. The largest absolute Gasteiger partial charge is 0.492 e. The normalized spacial score (nSPS) is 16.1. The molecule has 0 spiro atoms. The summed E-state index contributed by atoms with van der Waals surface area (Å²) in [6.07, 6.45) is -0.364. The van der Waals surface area contributed by atoms with Crippen LogP contribution in [0.1, 0.15) is 12.0 Å². The van der Waals surface area contributed by atoms with Crippen LogP contribution in [0.3, 0.4) is 0 Å². The van der Waals surface area contributed by atoms with E-state index < -0.39 is 51.2 Å². The van der Waals surface area contributed by atoms with Gasteiger partial charge in [0, 0.05) is 0 Å². The first kappa shape index (κ1) is 18.7. The van der Waals surface area contributed by atoms with E-state index in [-0.39, 0.29) is 11.3 Å². The van der Waals surface area contributed by atoms with Gasteiger partial charge >= 0.3 is 5.66 Å². The topological polar surface area (TPSA) is 150 Å². The van der Waals surface area contributed by atoms with Crippen molar-refractivity contribution < 1.29 is 27.2 Å². The van der Waals surface area contributed by atoms with E-state index in [0.29, 0.717) is 0 Å². The predicted molar refractivity (Wildman–Crippen MR) is 82.2 cm³/mol. The Balaban J connectivity index is 1.86. The third-order valence-corrected chi connectivity index (χ3v) is 5.11. The molecule has 1 aliphatic rings. The zero-order valence-electron chi connectivity index (χ0n) is 13.2. The van der Waals surface area contributed by atoms with Gasteiger partial charge in [-0.1, -0.05) is 17.7 Å². The molecule has 11 nitrogen and oxygen atoms in total. The molecule has 136 valence electrons. The molecular weight excluding hydrogens is 358 g/mol. The lowest BCUT2D eigenvalue weighted by Crippen LogP contribution is -2.71. The Kier molecular flexibility index (Phi) is 5.04. The summed E-state index contributed by atoms with van der Waals surface area (Å²) in [6, 6.07) is 5.92. The lowest BCUT2D eigenvalue weighted by molar-refractivity contribution is -0.809. The van der Waals surface area contributed by atoms with E-state index in [2.05, 4.69) is 0 Å². The number of nitrogens with zero attached hydrogens (tertiary/aromatic N) is 3. The van der Waals surface area contributed by atoms with E-state index in [9.17, 15) is 33.4 Å². The standard InChI is InChI=1S/C13H15N3O8S/c1-10-2-4-11(5-3-10)25(22,23)24-7-6-12(17)14-8-13(9-14,15(18)19)16(20)21/h2-5H,6-9H2,1H3. The summed E-state index contributed by atoms with van der Waals surface area (Å²) in [6.45, 7) is 0.0153. The number of likely N-dealkylation sites (tertiary alicyclic amines) is 1. The Morgan fingerprint density at radius 3 is 2.20 bits per heavy atom. The molecule has 1 fully saturated rings. The fraction of sp³-hybridized carbons (Fsp3) is 0.462. The Morgan fingerprint density at radius 2 is 1.72 bits per heavy atom. The van der Waals surface area contributed by atoms with Crippen molar-refractivity contribution in [3.8, 4) is 0 Å². The third kappa shape index (κ3) is 3.74. The number of carbonyl (C=O) groups is 1. The number of nitro groups is 2. The number of hydrogen-bond acceptors (Lipinski definition) is 8. The van der Waals surface area contributed by atoms with Crippen LogP contribution >= 0.6 is 0 Å². The maximum atomic E-state index is 11.9. The van der Waals surface area contributed by atoms with Crippen LogP contribution in [0.4, 0.5) is 0 Å². The van der Waals surface area contributed by atoms with E-state index >= 15 is 0 Å². The number of benzene rings is 1. The molecular formula is C13H15N3O8S. The molecule has 12 heteroatoms. The van der Waals surface area contributed by atoms with Crippen LogP contribution < -0.4 is 0 Å². The van der Waals surface area contributed by atoms with Crippen molar-refractivity contribution in [2.24, 2.45) is 0 Å². The van der Waals surface area contributed by atoms with Gasteiger partial charge in [-0.25, -0.2) is 0 Å². The van der Waals surface area contributed by atoms with E-state index in [1.54, 1.807) is 19.1 Å². The van der Waals surface area contributed by atoms with Crippen molar-refractivity contribution in [2.45, 2.75) is 23.9 Å². The Bertz CT molecular complexity index is 783. The molecule has 1 heterocycles. The molecule has 0 N–H and O–H groups in total. The zero-order valence-corrected chi connectivity index (χ0v) is 14.0. The second kappa shape index (κ2) is 6.72. The maximum absolute atomic E-state index is 11.9. The van der Waals surface area contributed by atoms with Gasteiger partial charge in [-0.3, -0.25) is 29.2 Å². The lowest BCUT2D eigenvalue weighted by atomic mass is 10.0. The van der Waals surface area contributed by atoms with Gasteiger partial charge < -0.3 is 4.90 Å². The van der Waals surface area contributed by atoms with Gasteiger partial charge in [0.25, 0.3) is 10.1 Å². The van der Waals surface area contributed by atoms with E-state index in [1.165, 1.54) is 12.1 Å². The van der Waals surface area contributed by atoms with Crippen molar-refractivity contribution in [1.29, 1.82) is 0 Å². The van der Waals surface area contributed by atoms with Crippen molar-refractivity contribution in [3.05, 3.63) is 50.1 Å². The maximum Gasteiger partial charge on any atom is 0.492 e. The quantitative estimate of drug-likeness (QED) is 0.284. The van der Waals surface area contributed by atoms with Crippen molar-refractivity contribution in [3.63, 3.8) is 0 Å². The smallest absolute Gasteiger partial charge is 0.314 e. The minimum absolute atomic E-state index is 0.0600. The highest BCUT2D eigenvalue weighted by Gasteiger charge is 2.67. The van der Waals surface area contributed by atoms with Gasteiger partial charge in [0.1, 0.15) is 9.85 Å². The highest BCUT2D eigenvalue weighted by atomic mass is 32.2. The van der Waals surface area contributed by atoms with Gasteiger partial charge in [-0.05, 0) is 19.1 Å². The monoisotopic (exact) mass is 373 g/mol. The van der Waals surface area contributed by atoms with Crippen molar-refractivity contribution >= 4 is 16.0 Å². The van der Waals surface area contributed by atoms with Crippen LogP contribution in [0, 0.1) is 27.2 Å². The molecule has 25 heavy (non-hydrogen) atoms. The zero-order chi connectivity index (χ0) is 18.8. The summed E-state index contributed by atoms with van der Waals surface area (Å²) in [7, 11) is -4.02. The molecule has 0 atom stereocenters. The average molecular weight is 373 g/mol. The van der Waals surface area contributed by atoms with Gasteiger partial charge in [-0.15, -0.1) is 0 Å². The molecule has 0 bridgehead atoms. The van der Waals surface area contributed by atoms with Crippen molar-refractivity contribution in [2.75, 3.05) is 19.7 Å². The van der Waals surface area contributed by atoms with Crippen LogP contribution in [-0.2, 0) is 19.1 Å². The summed E-state index contributed by atoms with van der Waals surface area (Å²) in [4.78, 5) is 32.2. The first-order chi connectivity index (χ1) is 11.6. The molecule has 0 aliphatic carbocycles. The number of amides is 1. The first-order valence-corrected chi connectivity index (χ1v) is 8.52. The van der Waals surface area contributed by atoms with Crippen LogP contribution in [-0.4, -0.2) is 54.4 Å². The molecule has 0 unspecified atom stereocenters. The number of hydrogen-bond donors (Lipinski definition) is 0. The fourth-order valence-corrected chi connectivity index (χ4v) is 3.12. The highest BCUT2D eigenvalue weighted by Crippen LogP contribution is 2.25. The van der Waals surface area contributed by atoms with E-state index in [0.717, 1.165) is 10.5 Å². The van der Waals surface area contributed by atoms with Crippen LogP contribution in [0.25, 0.3) is 0 Å². The highest BCUT2D eigenvalue weighted by molar-refractivity contribution is 7.86. The van der Waals surface area contributed by atoms with Crippen LogP contribution in [0.2, 0.25) is 0 Å². The first-order valence-electron chi connectivity index (χ1n) is 7.11. The molecule has 1 saturated heterocycles. The summed E-state index contributed by atoms with van der Waals surface area (Å²) >= 11 is 0. The van der Waals surface area contributed by atoms with Gasteiger partial charge in [-0.2, -0.15) is 8.42 Å². The van der Waals surface area contributed by atoms with Crippen LogP contribution in [0.5, 0.6) is 0 Å². The molecule has 0 saturated carbocycles. The van der Waals surface area contributed by atoms with Crippen LogP contribution in [0.15, 0.2) is 29.2 Å². The summed E-state index contributed by atoms with van der Waals surface area (Å²) < 4.78 is 28.6. The molecule has 1 aliphatic heterocycles. The predicted octanol–water partition coefficient (Wildman–Crippen LogP) is 0.182. The van der Waals surface area contributed by atoms with Gasteiger partial charge in [0.2, 0.25) is 5.91 Å². The SMILES string of the molecule is Cc1ccc(S(=O)(=O)OCCC(=O)N2CC([N+](=O)[O-])([N+](=O)[O-])C2)cc1. The number of rotatable bonds is 7. The van der Waals surface area contributed by atoms with E-state index in [1.807, 2.05) is 0 Å². The van der Waals surface area contributed by atoms with Gasteiger partial charge in [0.15, 0.2) is 13.1 Å². The Morgan fingerprint density at radius 1 is 1.20 bits per heavy atom. The number of carbonyl (C=O) groups excluding carboxylic acids is 1. The molecule has 1 amide bonds. The van der Waals surface area contributed by atoms with Gasteiger partial charge in [0.05, 0.1) is 17.9 Å². The second-order valence-electron chi connectivity index (χ2n) is 5.59. The molecule has 0 aromatic heterocycles. The average Bonchev–Trinajstić information content (AvgIpc) is 2.45. The Labute approximate surface area is 142 Å². The van der Waals surface area contributed by atoms with E-state index in [4.69, 9.17) is 4.18 Å². The second-order valence-corrected chi connectivity index (χ2v) is 7.20. The van der Waals surface area contributed by atoms with Crippen molar-refractivity contribution in [1.82, 2.24) is 4.90 Å². The summed E-state index contributed by atoms with van der Waals surface area (Å²) in [5.74, 6) is -0.654. The summed E-state index contributed by atoms with van der Waals surface area (Å²) in [5.41, 5.74) is -1.52. The molecule has 0 radical (unpaired) electrons. The third-order valence-electron chi connectivity index (χ3n) is 3.78.